The number of nitro groups is 1. The summed E-state index contributed by atoms with van der Waals surface area (Å²) < 4.78 is 36.8. The molecule has 0 saturated carbocycles. The van der Waals surface area contributed by atoms with Crippen LogP contribution >= 0.6 is 0 Å². The van der Waals surface area contributed by atoms with Gasteiger partial charge in [0.2, 0.25) is 5.70 Å². The van der Waals surface area contributed by atoms with Crippen LogP contribution < -0.4 is 0 Å². The van der Waals surface area contributed by atoms with Crippen molar-refractivity contribution in [2.45, 2.75) is 19.5 Å². The van der Waals surface area contributed by atoms with Crippen LogP contribution in [0.25, 0.3) is 6.08 Å². The van der Waals surface area contributed by atoms with Crippen molar-refractivity contribution < 1.29 is 18.1 Å². The average Bonchev–Trinajstić information content (AvgIpc) is 2.25. The number of hydrogen-bond acceptors (Lipinski definition) is 2. The highest BCUT2D eigenvalue weighted by atomic mass is 19.4. The summed E-state index contributed by atoms with van der Waals surface area (Å²) in [6, 6.07) is 4.22. The lowest BCUT2D eigenvalue weighted by Gasteiger charge is -2.05. The van der Waals surface area contributed by atoms with Crippen molar-refractivity contribution in [2.24, 2.45) is 0 Å². The fourth-order valence-electron chi connectivity index (χ4n) is 1.24. The Balaban J connectivity index is 3.00. The van der Waals surface area contributed by atoms with Gasteiger partial charge in [0, 0.05) is 12.5 Å². The lowest BCUT2D eigenvalue weighted by Crippen LogP contribution is -2.04. The first kappa shape index (κ1) is 13.2. The third kappa shape index (κ3) is 3.58. The van der Waals surface area contributed by atoms with Crippen molar-refractivity contribution in [1.29, 1.82) is 0 Å². The van der Waals surface area contributed by atoms with Gasteiger partial charge in [0.05, 0.1) is 10.5 Å². The number of halogens is 3. The van der Waals surface area contributed by atoms with Gasteiger partial charge in [-0.1, -0.05) is 19.1 Å². The molecule has 0 aliphatic heterocycles. The molecule has 6 heteroatoms. The molecule has 0 spiro atoms. The quantitative estimate of drug-likeness (QED) is 0.601. The van der Waals surface area contributed by atoms with Crippen LogP contribution in [0, 0.1) is 10.1 Å². The standard InChI is InChI=1S/C11H10F3NO2/c1-2-10(15(16)17)7-8-3-5-9(6-4-8)11(12,13)14/h3-7H,2H2,1H3. The van der Waals surface area contributed by atoms with Gasteiger partial charge in [0.1, 0.15) is 0 Å². The molecule has 0 fully saturated rings. The zero-order valence-corrected chi connectivity index (χ0v) is 8.99. The lowest BCUT2D eigenvalue weighted by atomic mass is 10.1. The molecule has 0 saturated heterocycles. The molecule has 1 aromatic carbocycles. The number of benzene rings is 1. The summed E-state index contributed by atoms with van der Waals surface area (Å²) in [7, 11) is 0. The maximum atomic E-state index is 12.3. The molecule has 1 rings (SSSR count). The molecular formula is C11H10F3NO2. The summed E-state index contributed by atoms with van der Waals surface area (Å²) in [5, 5.41) is 10.5. The highest BCUT2D eigenvalue weighted by molar-refractivity contribution is 5.51. The second-order valence-corrected chi connectivity index (χ2v) is 3.37. The summed E-state index contributed by atoms with van der Waals surface area (Å²) in [4.78, 5) is 9.97. The number of alkyl halides is 3. The third-order valence-corrected chi connectivity index (χ3v) is 2.17. The number of allylic oxidation sites excluding steroid dienone is 1. The van der Waals surface area contributed by atoms with Crippen LogP contribution in [0.4, 0.5) is 13.2 Å². The van der Waals surface area contributed by atoms with Crippen molar-refractivity contribution in [3.63, 3.8) is 0 Å². The van der Waals surface area contributed by atoms with Gasteiger partial charge in [0.15, 0.2) is 0 Å². The molecule has 0 bridgehead atoms. The molecule has 0 aliphatic rings. The highest BCUT2D eigenvalue weighted by Gasteiger charge is 2.29. The predicted molar refractivity (Wildman–Crippen MR) is 56.7 cm³/mol. The summed E-state index contributed by atoms with van der Waals surface area (Å²) in [5.74, 6) is 0. The normalized spacial score (nSPS) is 12.6. The van der Waals surface area contributed by atoms with Gasteiger partial charge in [-0.3, -0.25) is 10.1 Å². The molecule has 0 atom stereocenters. The summed E-state index contributed by atoms with van der Waals surface area (Å²) >= 11 is 0. The van der Waals surface area contributed by atoms with E-state index in [1.165, 1.54) is 18.2 Å². The summed E-state index contributed by atoms with van der Waals surface area (Å²) in [6.45, 7) is 1.61. The van der Waals surface area contributed by atoms with E-state index in [1.807, 2.05) is 0 Å². The Bertz CT molecular complexity index is 435. The molecule has 0 heterocycles. The first-order valence-corrected chi connectivity index (χ1v) is 4.87. The molecule has 17 heavy (non-hydrogen) atoms. The molecule has 0 aliphatic carbocycles. The van der Waals surface area contributed by atoms with Crippen molar-refractivity contribution in [3.05, 3.63) is 51.2 Å². The van der Waals surface area contributed by atoms with Crippen molar-refractivity contribution in [1.82, 2.24) is 0 Å². The van der Waals surface area contributed by atoms with Gasteiger partial charge in [0.25, 0.3) is 0 Å². The van der Waals surface area contributed by atoms with Gasteiger partial charge < -0.3 is 0 Å². The van der Waals surface area contributed by atoms with Gasteiger partial charge >= 0.3 is 6.18 Å². The van der Waals surface area contributed by atoms with E-state index in [2.05, 4.69) is 0 Å². The number of rotatable bonds is 3. The molecule has 0 unspecified atom stereocenters. The first-order chi connectivity index (χ1) is 7.84. The Morgan fingerprint density at radius 3 is 2.24 bits per heavy atom. The van der Waals surface area contributed by atoms with E-state index >= 15 is 0 Å². The Labute approximate surface area is 95.7 Å². The van der Waals surface area contributed by atoms with Crippen LogP contribution in [0.3, 0.4) is 0 Å². The molecular weight excluding hydrogens is 235 g/mol. The lowest BCUT2D eigenvalue weighted by molar-refractivity contribution is -0.425. The van der Waals surface area contributed by atoms with Crippen LogP contribution in [0.5, 0.6) is 0 Å². The van der Waals surface area contributed by atoms with E-state index in [-0.39, 0.29) is 12.1 Å². The van der Waals surface area contributed by atoms with Crippen LogP contribution in [-0.2, 0) is 6.18 Å². The maximum Gasteiger partial charge on any atom is 0.416 e. The molecule has 1 aromatic rings. The minimum absolute atomic E-state index is 0.0373. The first-order valence-electron chi connectivity index (χ1n) is 4.87. The minimum Gasteiger partial charge on any atom is -0.259 e. The summed E-state index contributed by atoms with van der Waals surface area (Å²) in [6.07, 6.45) is -2.91. The van der Waals surface area contributed by atoms with Crippen LogP contribution in [0.1, 0.15) is 24.5 Å². The monoisotopic (exact) mass is 245 g/mol. The van der Waals surface area contributed by atoms with Gasteiger partial charge in [-0.15, -0.1) is 0 Å². The van der Waals surface area contributed by atoms with Crippen LogP contribution in [0.15, 0.2) is 30.0 Å². The Hall–Kier alpha value is -1.85. The predicted octanol–water partition coefficient (Wildman–Crippen LogP) is 3.73. The maximum absolute atomic E-state index is 12.3. The molecule has 0 radical (unpaired) electrons. The second kappa shape index (κ2) is 4.99. The smallest absolute Gasteiger partial charge is 0.259 e. The summed E-state index contributed by atoms with van der Waals surface area (Å²) in [5.41, 5.74) is -0.426. The molecule has 0 N–H and O–H groups in total. The van der Waals surface area contributed by atoms with E-state index in [1.54, 1.807) is 6.92 Å². The van der Waals surface area contributed by atoms with Crippen LogP contribution in [0.2, 0.25) is 0 Å². The van der Waals surface area contributed by atoms with Crippen molar-refractivity contribution in [3.8, 4) is 0 Å². The highest BCUT2D eigenvalue weighted by Crippen LogP contribution is 2.29. The topological polar surface area (TPSA) is 43.1 Å². The SMILES string of the molecule is CCC(=Cc1ccc(C(F)(F)F)cc1)[N+](=O)[O-]. The van der Waals surface area contributed by atoms with E-state index < -0.39 is 16.7 Å². The van der Waals surface area contributed by atoms with Crippen molar-refractivity contribution in [2.75, 3.05) is 0 Å². The number of nitrogens with zero attached hydrogens (tertiary/aromatic N) is 1. The third-order valence-electron chi connectivity index (χ3n) is 2.17. The fourth-order valence-corrected chi connectivity index (χ4v) is 1.24. The van der Waals surface area contributed by atoms with E-state index in [4.69, 9.17) is 0 Å². The minimum atomic E-state index is -4.39. The van der Waals surface area contributed by atoms with E-state index in [0.29, 0.717) is 5.56 Å². The number of hydrogen-bond donors (Lipinski definition) is 0. The van der Waals surface area contributed by atoms with Crippen molar-refractivity contribution >= 4 is 6.08 Å². The molecule has 3 nitrogen and oxygen atoms in total. The fraction of sp³-hybridized carbons (Fsp3) is 0.273. The van der Waals surface area contributed by atoms with Gasteiger partial charge in [-0.2, -0.15) is 13.2 Å². The average molecular weight is 245 g/mol. The molecule has 0 amide bonds. The Morgan fingerprint density at radius 1 is 1.35 bits per heavy atom. The zero-order chi connectivity index (χ0) is 13.1. The van der Waals surface area contributed by atoms with Gasteiger partial charge in [-0.25, -0.2) is 0 Å². The van der Waals surface area contributed by atoms with E-state index in [0.717, 1.165) is 12.1 Å². The Morgan fingerprint density at radius 2 is 1.88 bits per heavy atom. The Kier molecular flexibility index (Phi) is 3.88. The van der Waals surface area contributed by atoms with Crippen LogP contribution in [-0.4, -0.2) is 4.92 Å². The van der Waals surface area contributed by atoms with Gasteiger partial charge in [-0.05, 0) is 17.7 Å². The van der Waals surface area contributed by atoms with E-state index in [9.17, 15) is 23.3 Å². The largest absolute Gasteiger partial charge is 0.416 e. The molecule has 0 aromatic heterocycles. The zero-order valence-electron chi connectivity index (χ0n) is 8.99. The second-order valence-electron chi connectivity index (χ2n) is 3.37. The molecule has 92 valence electrons.